The smallest absolute Gasteiger partial charge is 0.269 e. The van der Waals surface area contributed by atoms with Crippen molar-refractivity contribution in [3.05, 3.63) is 54.1 Å². The van der Waals surface area contributed by atoms with E-state index in [1.807, 2.05) is 6.92 Å². The molecule has 3 rings (SSSR count). The van der Waals surface area contributed by atoms with Gasteiger partial charge in [-0.25, -0.2) is 12.7 Å². The highest BCUT2D eigenvalue weighted by molar-refractivity contribution is 7.90. The van der Waals surface area contributed by atoms with Crippen LogP contribution in [-0.4, -0.2) is 37.7 Å². The average Bonchev–Trinajstić information content (AvgIpc) is 2.82. The lowest BCUT2D eigenvalue weighted by atomic mass is 10.2. The van der Waals surface area contributed by atoms with E-state index in [4.69, 9.17) is 4.74 Å². The van der Waals surface area contributed by atoms with Crippen LogP contribution in [0.25, 0.3) is 0 Å². The van der Waals surface area contributed by atoms with Gasteiger partial charge in [-0.2, -0.15) is 0 Å². The minimum absolute atomic E-state index is 0.0212. The molecule has 2 amide bonds. The van der Waals surface area contributed by atoms with Gasteiger partial charge in [-0.1, -0.05) is 24.3 Å². The molecule has 136 valence electrons. The summed E-state index contributed by atoms with van der Waals surface area (Å²) in [6.45, 7) is 2.06. The highest BCUT2D eigenvalue weighted by atomic mass is 32.2. The Labute approximate surface area is 151 Å². The predicted molar refractivity (Wildman–Crippen MR) is 95.5 cm³/mol. The van der Waals surface area contributed by atoms with Gasteiger partial charge in [0.05, 0.1) is 17.9 Å². The van der Waals surface area contributed by atoms with Crippen LogP contribution in [0.4, 0.5) is 5.69 Å². The lowest BCUT2D eigenvalue weighted by molar-refractivity contribution is -0.116. The first-order chi connectivity index (χ1) is 12.4. The van der Waals surface area contributed by atoms with Crippen LogP contribution in [0.5, 0.6) is 5.75 Å². The summed E-state index contributed by atoms with van der Waals surface area (Å²) >= 11 is 0. The van der Waals surface area contributed by atoms with Gasteiger partial charge >= 0.3 is 0 Å². The summed E-state index contributed by atoms with van der Waals surface area (Å²) < 4.78 is 31.1. The molecule has 0 fully saturated rings. The number of carbonyl (C=O) groups excluding carboxylic acids is 2. The fourth-order valence-electron chi connectivity index (χ4n) is 2.72. The second-order valence-electron chi connectivity index (χ2n) is 5.61. The van der Waals surface area contributed by atoms with E-state index < -0.39 is 21.8 Å². The molecular formula is C18H18N2O5S. The van der Waals surface area contributed by atoms with Crippen LogP contribution in [0.15, 0.2) is 53.4 Å². The molecule has 0 spiro atoms. The van der Waals surface area contributed by atoms with E-state index >= 15 is 0 Å². The van der Waals surface area contributed by atoms with Gasteiger partial charge in [0.2, 0.25) is 5.91 Å². The maximum atomic E-state index is 12.5. The Morgan fingerprint density at radius 3 is 2.54 bits per heavy atom. The van der Waals surface area contributed by atoms with E-state index in [2.05, 4.69) is 5.32 Å². The van der Waals surface area contributed by atoms with Gasteiger partial charge in [-0.3, -0.25) is 9.59 Å². The second kappa shape index (κ2) is 7.17. The van der Waals surface area contributed by atoms with Crippen LogP contribution in [0.3, 0.4) is 0 Å². The number of hydrogen-bond acceptors (Lipinski definition) is 5. The van der Waals surface area contributed by atoms with Crippen LogP contribution < -0.4 is 10.1 Å². The Bertz CT molecular complexity index is 956. The number of fused-ring (bicyclic) bond motifs is 1. The SMILES string of the molecule is CCOc1ccccc1NC(=O)CCN1C(=O)c2ccccc2S1(=O)=O. The number of nitrogens with zero attached hydrogens (tertiary/aromatic N) is 1. The second-order valence-corrected chi connectivity index (χ2v) is 7.44. The molecule has 0 unspecified atom stereocenters. The fourth-order valence-corrected chi connectivity index (χ4v) is 4.29. The Hall–Kier alpha value is -2.87. The van der Waals surface area contributed by atoms with E-state index in [9.17, 15) is 18.0 Å². The molecule has 0 bridgehead atoms. The molecule has 0 saturated carbocycles. The Kier molecular flexibility index (Phi) is 4.94. The number of benzene rings is 2. The highest BCUT2D eigenvalue weighted by Gasteiger charge is 2.40. The molecule has 2 aromatic rings. The van der Waals surface area contributed by atoms with Crippen molar-refractivity contribution in [2.24, 2.45) is 0 Å². The molecule has 1 aliphatic rings. The summed E-state index contributed by atoms with van der Waals surface area (Å²) in [4.78, 5) is 24.5. The van der Waals surface area contributed by atoms with Crippen LogP contribution >= 0.6 is 0 Å². The topological polar surface area (TPSA) is 92.8 Å². The zero-order chi connectivity index (χ0) is 18.7. The molecule has 2 aromatic carbocycles. The van der Waals surface area contributed by atoms with E-state index in [-0.39, 0.29) is 23.4 Å². The van der Waals surface area contributed by atoms with Crippen LogP contribution in [0.1, 0.15) is 23.7 Å². The molecule has 0 aromatic heterocycles. The number of ether oxygens (including phenoxy) is 1. The van der Waals surface area contributed by atoms with Crippen molar-refractivity contribution >= 4 is 27.5 Å². The van der Waals surface area contributed by atoms with Gasteiger partial charge in [-0.05, 0) is 31.2 Å². The quantitative estimate of drug-likeness (QED) is 0.837. The third-order valence-corrected chi connectivity index (χ3v) is 5.76. The lowest BCUT2D eigenvalue weighted by Gasteiger charge is -2.15. The minimum Gasteiger partial charge on any atom is -0.492 e. The molecule has 0 saturated heterocycles. The Balaban J connectivity index is 1.69. The third-order valence-electron chi connectivity index (χ3n) is 3.91. The van der Waals surface area contributed by atoms with Crippen LogP contribution in [-0.2, 0) is 14.8 Å². The maximum absolute atomic E-state index is 12.5. The number of amides is 2. The highest BCUT2D eigenvalue weighted by Crippen LogP contribution is 2.30. The van der Waals surface area contributed by atoms with E-state index in [1.54, 1.807) is 36.4 Å². The van der Waals surface area contributed by atoms with Gasteiger partial charge in [0.25, 0.3) is 15.9 Å². The predicted octanol–water partition coefficient (Wildman–Crippen LogP) is 2.26. The molecule has 7 nitrogen and oxygen atoms in total. The van der Waals surface area contributed by atoms with Crippen molar-refractivity contribution in [2.45, 2.75) is 18.2 Å². The van der Waals surface area contributed by atoms with Crippen molar-refractivity contribution < 1.29 is 22.7 Å². The average molecular weight is 374 g/mol. The Morgan fingerprint density at radius 2 is 1.81 bits per heavy atom. The van der Waals surface area contributed by atoms with E-state index in [1.165, 1.54) is 12.1 Å². The Morgan fingerprint density at radius 1 is 1.12 bits per heavy atom. The minimum atomic E-state index is -3.90. The molecule has 1 heterocycles. The molecule has 0 radical (unpaired) electrons. The first kappa shape index (κ1) is 17.9. The van der Waals surface area contributed by atoms with E-state index in [0.717, 1.165) is 4.31 Å². The number of hydrogen-bond donors (Lipinski definition) is 1. The van der Waals surface area contributed by atoms with Gasteiger partial charge in [-0.15, -0.1) is 0 Å². The van der Waals surface area contributed by atoms with Gasteiger partial charge in [0, 0.05) is 13.0 Å². The molecule has 0 atom stereocenters. The fraction of sp³-hybridized carbons (Fsp3) is 0.222. The normalized spacial score (nSPS) is 14.8. The summed E-state index contributed by atoms with van der Waals surface area (Å²) in [7, 11) is -3.90. The first-order valence-electron chi connectivity index (χ1n) is 8.13. The summed E-state index contributed by atoms with van der Waals surface area (Å²) in [6.07, 6.45) is -0.153. The van der Waals surface area contributed by atoms with Gasteiger partial charge < -0.3 is 10.1 Å². The summed E-state index contributed by atoms with van der Waals surface area (Å²) in [5.41, 5.74) is 0.632. The largest absolute Gasteiger partial charge is 0.492 e. The third kappa shape index (κ3) is 3.28. The standard InChI is InChI=1S/C18H18N2O5S/c1-2-25-15-9-5-4-8-14(15)19-17(21)11-12-20-18(22)13-7-3-6-10-16(13)26(20,23)24/h3-10H,2,11-12H2,1H3,(H,19,21). The lowest BCUT2D eigenvalue weighted by Crippen LogP contribution is -2.33. The summed E-state index contributed by atoms with van der Waals surface area (Å²) in [5.74, 6) is -0.486. The maximum Gasteiger partial charge on any atom is 0.269 e. The van der Waals surface area contributed by atoms with Crippen LogP contribution in [0.2, 0.25) is 0 Å². The summed E-state index contributed by atoms with van der Waals surface area (Å²) in [5, 5.41) is 2.69. The van der Waals surface area contributed by atoms with Gasteiger partial charge in [0.1, 0.15) is 10.6 Å². The van der Waals surface area contributed by atoms with Crippen molar-refractivity contribution in [1.29, 1.82) is 0 Å². The molecule has 1 N–H and O–H groups in total. The number of rotatable bonds is 6. The molecule has 1 aliphatic heterocycles. The number of sulfonamides is 1. The van der Waals surface area contributed by atoms with Crippen LogP contribution in [0, 0.1) is 0 Å². The van der Waals surface area contributed by atoms with E-state index in [0.29, 0.717) is 18.0 Å². The first-order valence-corrected chi connectivity index (χ1v) is 9.57. The zero-order valence-electron chi connectivity index (χ0n) is 14.1. The number of nitrogens with one attached hydrogen (secondary N) is 1. The molecule has 0 aliphatic carbocycles. The van der Waals surface area contributed by atoms with Crippen molar-refractivity contribution in [1.82, 2.24) is 4.31 Å². The van der Waals surface area contributed by atoms with Crippen molar-refractivity contribution in [3.8, 4) is 5.75 Å². The molecule has 26 heavy (non-hydrogen) atoms. The number of carbonyl (C=O) groups is 2. The molecule has 8 heteroatoms. The monoisotopic (exact) mass is 374 g/mol. The number of para-hydroxylation sites is 2. The number of anilines is 1. The van der Waals surface area contributed by atoms with Crippen molar-refractivity contribution in [3.63, 3.8) is 0 Å². The summed E-state index contributed by atoms with van der Waals surface area (Å²) in [6, 6.07) is 13.0. The molecular weight excluding hydrogens is 356 g/mol. The van der Waals surface area contributed by atoms with Crippen molar-refractivity contribution in [2.75, 3.05) is 18.5 Å². The van der Waals surface area contributed by atoms with Gasteiger partial charge in [0.15, 0.2) is 0 Å². The zero-order valence-corrected chi connectivity index (χ0v) is 15.0.